The van der Waals surface area contributed by atoms with Crippen molar-refractivity contribution in [3.8, 4) is 0 Å². The molecule has 116 valence electrons. The van der Waals surface area contributed by atoms with E-state index in [4.69, 9.17) is 4.42 Å². The fraction of sp³-hybridized carbons (Fsp3) is 0.579. The van der Waals surface area contributed by atoms with Crippen LogP contribution in [0.5, 0.6) is 0 Å². The molecule has 2 aromatic rings. The van der Waals surface area contributed by atoms with Crippen LogP contribution >= 0.6 is 0 Å². The zero-order chi connectivity index (χ0) is 15.2. The fourth-order valence-electron chi connectivity index (χ4n) is 2.54. The van der Waals surface area contributed by atoms with Crippen molar-refractivity contribution in [2.24, 2.45) is 11.8 Å². The first kappa shape index (κ1) is 16.1. The molecule has 0 aliphatic heterocycles. The molecule has 0 aliphatic carbocycles. The van der Waals surface area contributed by atoms with E-state index in [9.17, 15) is 0 Å². The zero-order valence-electron chi connectivity index (χ0n) is 13.9. The van der Waals surface area contributed by atoms with E-state index in [0.29, 0.717) is 5.92 Å². The lowest BCUT2D eigenvalue weighted by Gasteiger charge is -2.16. The highest BCUT2D eigenvalue weighted by molar-refractivity contribution is 5.82. The minimum Gasteiger partial charge on any atom is -0.461 e. The Kier molecular flexibility index (Phi) is 5.86. The van der Waals surface area contributed by atoms with E-state index in [1.807, 2.05) is 6.07 Å². The Labute approximate surface area is 128 Å². The monoisotopic (exact) mass is 287 g/mol. The van der Waals surface area contributed by atoms with Crippen LogP contribution in [-0.4, -0.2) is 6.54 Å². The molecule has 1 N–H and O–H groups in total. The zero-order valence-corrected chi connectivity index (χ0v) is 13.9. The second kappa shape index (κ2) is 7.65. The predicted molar refractivity (Wildman–Crippen MR) is 90.5 cm³/mol. The van der Waals surface area contributed by atoms with Gasteiger partial charge in [-0.1, -0.05) is 52.3 Å². The molecule has 1 atom stereocenters. The van der Waals surface area contributed by atoms with Gasteiger partial charge in [-0.25, -0.2) is 0 Å². The first-order valence-corrected chi connectivity index (χ1v) is 8.33. The number of rotatable bonds is 8. The first-order chi connectivity index (χ1) is 10.1. The highest BCUT2D eigenvalue weighted by atomic mass is 16.3. The number of fused-ring (bicyclic) bond motifs is 1. The van der Waals surface area contributed by atoms with Gasteiger partial charge in [0.15, 0.2) is 0 Å². The molecule has 0 saturated heterocycles. The summed E-state index contributed by atoms with van der Waals surface area (Å²) in [6, 6.07) is 8.40. The average molecular weight is 287 g/mol. The summed E-state index contributed by atoms with van der Waals surface area (Å²) in [6.45, 7) is 11.1. The molecule has 2 heteroatoms. The van der Waals surface area contributed by atoms with Gasteiger partial charge in [-0.3, -0.25) is 0 Å². The van der Waals surface area contributed by atoms with Gasteiger partial charge < -0.3 is 9.73 Å². The highest BCUT2D eigenvalue weighted by Crippen LogP contribution is 2.27. The number of nitrogens with one attached hydrogen (secondary N) is 1. The van der Waals surface area contributed by atoms with Gasteiger partial charge in [0.2, 0.25) is 0 Å². The minimum atomic E-state index is 0.697. The Hall–Kier alpha value is -1.28. The third kappa shape index (κ3) is 4.10. The van der Waals surface area contributed by atoms with Crippen molar-refractivity contribution in [2.75, 3.05) is 6.54 Å². The third-order valence-corrected chi connectivity index (χ3v) is 4.45. The summed E-state index contributed by atoms with van der Waals surface area (Å²) in [5, 5.41) is 4.89. The van der Waals surface area contributed by atoms with Crippen LogP contribution < -0.4 is 5.32 Å². The third-order valence-electron chi connectivity index (χ3n) is 4.45. The highest BCUT2D eigenvalue weighted by Gasteiger charge is 2.14. The fourth-order valence-corrected chi connectivity index (χ4v) is 2.54. The topological polar surface area (TPSA) is 25.2 Å². The Morgan fingerprint density at radius 1 is 1.14 bits per heavy atom. The SMILES string of the molecule is CCCCc1oc2ccccc2c1CNCC(C)C(C)C. The number of benzene rings is 1. The molecule has 0 radical (unpaired) electrons. The van der Waals surface area contributed by atoms with Crippen LogP contribution in [-0.2, 0) is 13.0 Å². The van der Waals surface area contributed by atoms with E-state index in [-0.39, 0.29) is 0 Å². The Morgan fingerprint density at radius 2 is 1.90 bits per heavy atom. The second-order valence-corrected chi connectivity index (χ2v) is 6.46. The van der Waals surface area contributed by atoms with Gasteiger partial charge in [0.1, 0.15) is 11.3 Å². The van der Waals surface area contributed by atoms with E-state index in [2.05, 4.69) is 51.2 Å². The molecule has 1 aromatic carbocycles. The molecule has 1 aromatic heterocycles. The summed E-state index contributed by atoms with van der Waals surface area (Å²) in [4.78, 5) is 0. The minimum absolute atomic E-state index is 0.697. The molecule has 0 aliphatic rings. The summed E-state index contributed by atoms with van der Waals surface area (Å²) in [6.07, 6.45) is 3.44. The van der Waals surface area contributed by atoms with Gasteiger partial charge in [-0.2, -0.15) is 0 Å². The average Bonchev–Trinajstić information content (AvgIpc) is 2.83. The second-order valence-electron chi connectivity index (χ2n) is 6.46. The van der Waals surface area contributed by atoms with Crippen molar-refractivity contribution in [3.05, 3.63) is 35.6 Å². The molecular weight excluding hydrogens is 258 g/mol. The summed E-state index contributed by atoms with van der Waals surface area (Å²) in [5.74, 6) is 2.59. The van der Waals surface area contributed by atoms with Gasteiger partial charge in [0, 0.05) is 23.9 Å². The smallest absolute Gasteiger partial charge is 0.134 e. The van der Waals surface area contributed by atoms with Gasteiger partial charge >= 0.3 is 0 Å². The maximum absolute atomic E-state index is 6.07. The summed E-state index contributed by atoms with van der Waals surface area (Å²) in [5.41, 5.74) is 2.38. The van der Waals surface area contributed by atoms with E-state index in [1.54, 1.807) is 0 Å². The predicted octanol–water partition coefficient (Wildman–Crippen LogP) is 5.16. The number of unbranched alkanes of at least 4 members (excludes halogenated alkanes) is 1. The van der Waals surface area contributed by atoms with Crippen LogP contribution in [0.15, 0.2) is 28.7 Å². The largest absolute Gasteiger partial charge is 0.461 e. The quantitative estimate of drug-likeness (QED) is 0.725. The normalized spacial score (nSPS) is 13.2. The first-order valence-electron chi connectivity index (χ1n) is 8.33. The lowest BCUT2D eigenvalue weighted by atomic mass is 9.98. The Balaban J connectivity index is 2.12. The Morgan fingerprint density at radius 3 is 2.62 bits per heavy atom. The van der Waals surface area contributed by atoms with E-state index in [1.165, 1.54) is 29.6 Å². The van der Waals surface area contributed by atoms with E-state index >= 15 is 0 Å². The van der Waals surface area contributed by atoms with Crippen molar-refractivity contribution in [1.29, 1.82) is 0 Å². The number of hydrogen-bond acceptors (Lipinski definition) is 2. The van der Waals surface area contributed by atoms with Crippen LogP contribution in [0.2, 0.25) is 0 Å². The van der Waals surface area contributed by atoms with Crippen molar-refractivity contribution in [3.63, 3.8) is 0 Å². The number of hydrogen-bond donors (Lipinski definition) is 1. The van der Waals surface area contributed by atoms with Crippen LogP contribution in [0.3, 0.4) is 0 Å². The van der Waals surface area contributed by atoms with Crippen LogP contribution in [0, 0.1) is 11.8 Å². The van der Waals surface area contributed by atoms with Gasteiger partial charge in [0.25, 0.3) is 0 Å². The maximum Gasteiger partial charge on any atom is 0.134 e. The Bertz CT molecular complexity index is 556. The molecule has 0 amide bonds. The maximum atomic E-state index is 6.07. The van der Waals surface area contributed by atoms with Crippen LogP contribution in [0.25, 0.3) is 11.0 Å². The van der Waals surface area contributed by atoms with Crippen molar-refractivity contribution in [2.45, 2.75) is 53.5 Å². The summed E-state index contributed by atoms with van der Waals surface area (Å²) in [7, 11) is 0. The molecule has 2 rings (SSSR count). The standard InChI is InChI=1S/C19H29NO/c1-5-6-10-19-17(13-20-12-15(4)14(2)3)16-9-7-8-11-18(16)21-19/h7-9,11,14-15,20H,5-6,10,12-13H2,1-4H3. The van der Waals surface area contributed by atoms with Crippen LogP contribution in [0.1, 0.15) is 51.9 Å². The molecule has 0 fully saturated rings. The van der Waals surface area contributed by atoms with Crippen molar-refractivity contribution >= 4 is 11.0 Å². The molecule has 21 heavy (non-hydrogen) atoms. The van der Waals surface area contributed by atoms with Crippen LogP contribution in [0.4, 0.5) is 0 Å². The molecule has 0 saturated carbocycles. The number of aryl methyl sites for hydroxylation is 1. The number of furan rings is 1. The molecule has 0 bridgehead atoms. The molecule has 1 unspecified atom stereocenters. The van der Waals surface area contributed by atoms with Gasteiger partial charge in [-0.15, -0.1) is 0 Å². The number of para-hydroxylation sites is 1. The lowest BCUT2D eigenvalue weighted by Crippen LogP contribution is -2.24. The van der Waals surface area contributed by atoms with E-state index < -0.39 is 0 Å². The summed E-state index contributed by atoms with van der Waals surface area (Å²) >= 11 is 0. The van der Waals surface area contributed by atoms with Gasteiger partial charge in [-0.05, 0) is 30.9 Å². The molecule has 1 heterocycles. The van der Waals surface area contributed by atoms with Gasteiger partial charge in [0.05, 0.1) is 0 Å². The van der Waals surface area contributed by atoms with E-state index in [0.717, 1.165) is 31.0 Å². The molecule has 0 spiro atoms. The lowest BCUT2D eigenvalue weighted by molar-refractivity contribution is 0.391. The van der Waals surface area contributed by atoms with Crippen molar-refractivity contribution in [1.82, 2.24) is 5.32 Å². The summed E-state index contributed by atoms with van der Waals surface area (Å²) < 4.78 is 6.07. The molecule has 2 nitrogen and oxygen atoms in total. The molecular formula is C19H29NO. The van der Waals surface area contributed by atoms with Crippen molar-refractivity contribution < 1.29 is 4.42 Å².